The highest BCUT2D eigenvalue weighted by molar-refractivity contribution is 7.14. The third kappa shape index (κ3) is 2.88. The van der Waals surface area contributed by atoms with Gasteiger partial charge in [-0.2, -0.15) is 0 Å². The van der Waals surface area contributed by atoms with Crippen molar-refractivity contribution < 1.29 is 9.53 Å². The van der Waals surface area contributed by atoms with E-state index in [1.807, 2.05) is 37.3 Å². The number of nitrogens with two attached hydrogens (primary N) is 1. The van der Waals surface area contributed by atoms with Gasteiger partial charge in [0.2, 0.25) is 0 Å². The van der Waals surface area contributed by atoms with Gasteiger partial charge in [-0.25, -0.2) is 5.84 Å². The molecule has 0 aliphatic rings. The molecule has 5 heteroatoms. The van der Waals surface area contributed by atoms with E-state index in [-0.39, 0.29) is 5.91 Å². The lowest BCUT2D eigenvalue weighted by Gasteiger charge is -2.07. The highest BCUT2D eigenvalue weighted by atomic mass is 32.1. The van der Waals surface area contributed by atoms with E-state index >= 15 is 0 Å². The SMILES string of the molecule is Cc1ccccc1OCc1ccc(C(=O)NN)s1. The number of thiophene rings is 1. The Balaban J connectivity index is 2.01. The van der Waals surface area contributed by atoms with Crippen LogP contribution < -0.4 is 16.0 Å². The van der Waals surface area contributed by atoms with E-state index in [1.54, 1.807) is 6.07 Å². The topological polar surface area (TPSA) is 64.3 Å². The van der Waals surface area contributed by atoms with Gasteiger partial charge in [0, 0.05) is 4.88 Å². The number of rotatable bonds is 4. The molecule has 2 rings (SSSR count). The summed E-state index contributed by atoms with van der Waals surface area (Å²) in [6.45, 7) is 2.45. The Morgan fingerprint density at radius 2 is 2.11 bits per heavy atom. The molecule has 1 aromatic carbocycles. The summed E-state index contributed by atoms with van der Waals surface area (Å²) in [6, 6.07) is 11.4. The van der Waals surface area contributed by atoms with Gasteiger partial charge < -0.3 is 4.74 Å². The van der Waals surface area contributed by atoms with E-state index < -0.39 is 0 Å². The number of ether oxygens (including phenoxy) is 1. The van der Waals surface area contributed by atoms with Crippen LogP contribution in [-0.2, 0) is 6.61 Å². The molecule has 0 radical (unpaired) electrons. The third-order valence-electron chi connectivity index (χ3n) is 2.48. The molecular weight excluding hydrogens is 248 g/mol. The number of nitrogen functional groups attached to an aromatic ring is 1. The van der Waals surface area contributed by atoms with Crippen LogP contribution in [0, 0.1) is 6.92 Å². The van der Waals surface area contributed by atoms with E-state index in [2.05, 4.69) is 5.43 Å². The van der Waals surface area contributed by atoms with Crippen LogP contribution in [0.25, 0.3) is 0 Å². The first-order valence-electron chi connectivity index (χ1n) is 5.49. The van der Waals surface area contributed by atoms with Gasteiger partial charge in [0.1, 0.15) is 12.4 Å². The first kappa shape index (κ1) is 12.6. The number of benzene rings is 1. The van der Waals surface area contributed by atoms with E-state index in [0.717, 1.165) is 16.2 Å². The molecule has 3 N–H and O–H groups in total. The number of hydrogen-bond acceptors (Lipinski definition) is 4. The minimum absolute atomic E-state index is 0.276. The van der Waals surface area contributed by atoms with Gasteiger partial charge in [0.05, 0.1) is 4.88 Å². The Morgan fingerprint density at radius 1 is 1.33 bits per heavy atom. The molecule has 0 aliphatic heterocycles. The van der Waals surface area contributed by atoms with Gasteiger partial charge in [-0.15, -0.1) is 11.3 Å². The van der Waals surface area contributed by atoms with Crippen LogP contribution in [0.2, 0.25) is 0 Å². The lowest BCUT2D eigenvalue weighted by Crippen LogP contribution is -2.29. The number of carbonyl (C=O) groups excluding carboxylic acids is 1. The van der Waals surface area contributed by atoms with E-state index in [0.29, 0.717) is 11.5 Å². The molecule has 0 unspecified atom stereocenters. The zero-order chi connectivity index (χ0) is 13.0. The van der Waals surface area contributed by atoms with Crippen molar-refractivity contribution in [2.24, 2.45) is 5.84 Å². The molecule has 1 heterocycles. The molecular formula is C13H14N2O2S. The number of carbonyl (C=O) groups is 1. The molecule has 94 valence electrons. The average molecular weight is 262 g/mol. The van der Waals surface area contributed by atoms with Crippen molar-refractivity contribution in [1.29, 1.82) is 0 Å². The van der Waals surface area contributed by atoms with Crippen molar-refractivity contribution >= 4 is 17.2 Å². The van der Waals surface area contributed by atoms with Crippen molar-refractivity contribution in [3.05, 3.63) is 51.7 Å². The monoisotopic (exact) mass is 262 g/mol. The van der Waals surface area contributed by atoms with E-state index in [9.17, 15) is 4.79 Å². The van der Waals surface area contributed by atoms with Crippen molar-refractivity contribution in [3.8, 4) is 5.75 Å². The van der Waals surface area contributed by atoms with Gasteiger partial charge in [-0.1, -0.05) is 18.2 Å². The van der Waals surface area contributed by atoms with Gasteiger partial charge in [0.25, 0.3) is 5.91 Å². The summed E-state index contributed by atoms with van der Waals surface area (Å²) in [7, 11) is 0. The summed E-state index contributed by atoms with van der Waals surface area (Å²) < 4.78 is 5.70. The minimum Gasteiger partial charge on any atom is -0.488 e. The minimum atomic E-state index is -0.276. The first-order valence-corrected chi connectivity index (χ1v) is 6.30. The molecule has 0 spiro atoms. The zero-order valence-electron chi connectivity index (χ0n) is 9.97. The number of amides is 1. The van der Waals surface area contributed by atoms with Crippen LogP contribution in [0.1, 0.15) is 20.1 Å². The molecule has 2 aromatic rings. The summed E-state index contributed by atoms with van der Waals surface area (Å²) >= 11 is 1.37. The molecule has 0 aliphatic carbocycles. The van der Waals surface area contributed by atoms with Gasteiger partial charge in [0.15, 0.2) is 0 Å². The number of nitrogens with one attached hydrogen (secondary N) is 1. The fourth-order valence-electron chi connectivity index (χ4n) is 1.52. The van der Waals surface area contributed by atoms with Gasteiger partial charge in [-0.3, -0.25) is 10.2 Å². The summed E-state index contributed by atoms with van der Waals surface area (Å²) in [5.74, 6) is 5.66. The van der Waals surface area contributed by atoms with Crippen LogP contribution in [0.15, 0.2) is 36.4 Å². The second-order valence-corrected chi connectivity index (χ2v) is 4.96. The number of aryl methyl sites for hydroxylation is 1. The molecule has 1 aromatic heterocycles. The van der Waals surface area contributed by atoms with Crippen molar-refractivity contribution in [3.63, 3.8) is 0 Å². The van der Waals surface area contributed by atoms with Crippen molar-refractivity contribution in [2.75, 3.05) is 0 Å². The predicted octanol–water partition coefficient (Wildman–Crippen LogP) is 2.24. The molecule has 1 amide bonds. The van der Waals surface area contributed by atoms with Gasteiger partial charge in [-0.05, 0) is 30.7 Å². The lowest BCUT2D eigenvalue weighted by molar-refractivity contribution is 0.0957. The van der Waals surface area contributed by atoms with Crippen LogP contribution in [-0.4, -0.2) is 5.91 Å². The smallest absolute Gasteiger partial charge is 0.275 e. The fourth-order valence-corrected chi connectivity index (χ4v) is 2.34. The second-order valence-electron chi connectivity index (χ2n) is 3.79. The maximum Gasteiger partial charge on any atom is 0.275 e. The predicted molar refractivity (Wildman–Crippen MR) is 71.5 cm³/mol. The molecule has 4 nitrogen and oxygen atoms in total. The maximum absolute atomic E-state index is 11.3. The lowest BCUT2D eigenvalue weighted by atomic mass is 10.2. The Hall–Kier alpha value is -1.85. The number of para-hydroxylation sites is 1. The summed E-state index contributed by atoms with van der Waals surface area (Å²) in [5.41, 5.74) is 3.20. The highest BCUT2D eigenvalue weighted by Crippen LogP contribution is 2.21. The molecule has 0 bridgehead atoms. The van der Waals surface area contributed by atoms with Crippen molar-refractivity contribution in [1.82, 2.24) is 5.43 Å². The van der Waals surface area contributed by atoms with E-state index in [1.165, 1.54) is 11.3 Å². The van der Waals surface area contributed by atoms with Crippen LogP contribution in [0.5, 0.6) is 5.75 Å². The summed E-state index contributed by atoms with van der Waals surface area (Å²) in [5, 5.41) is 0. The standard InChI is InChI=1S/C13H14N2O2S/c1-9-4-2-3-5-11(9)17-8-10-6-7-12(18-10)13(16)15-14/h2-7H,8,14H2,1H3,(H,15,16). The highest BCUT2D eigenvalue weighted by Gasteiger charge is 2.08. The Bertz CT molecular complexity index is 551. The Labute approximate surface area is 109 Å². The second kappa shape index (κ2) is 5.66. The molecule has 18 heavy (non-hydrogen) atoms. The Morgan fingerprint density at radius 3 is 2.83 bits per heavy atom. The summed E-state index contributed by atoms with van der Waals surface area (Å²) in [4.78, 5) is 12.9. The largest absolute Gasteiger partial charge is 0.488 e. The molecule has 0 saturated carbocycles. The Kier molecular flexibility index (Phi) is 3.96. The fraction of sp³-hybridized carbons (Fsp3) is 0.154. The molecule has 0 atom stereocenters. The average Bonchev–Trinajstić information content (AvgIpc) is 2.86. The number of hydrazine groups is 1. The van der Waals surface area contributed by atoms with Crippen LogP contribution >= 0.6 is 11.3 Å². The first-order chi connectivity index (χ1) is 8.70. The molecule has 0 saturated heterocycles. The van der Waals surface area contributed by atoms with Crippen LogP contribution in [0.4, 0.5) is 0 Å². The summed E-state index contributed by atoms with van der Waals surface area (Å²) in [6.07, 6.45) is 0. The van der Waals surface area contributed by atoms with Crippen LogP contribution in [0.3, 0.4) is 0 Å². The zero-order valence-corrected chi connectivity index (χ0v) is 10.8. The maximum atomic E-state index is 11.3. The molecule has 0 fully saturated rings. The van der Waals surface area contributed by atoms with E-state index in [4.69, 9.17) is 10.6 Å². The van der Waals surface area contributed by atoms with Gasteiger partial charge >= 0.3 is 0 Å². The van der Waals surface area contributed by atoms with Crippen molar-refractivity contribution in [2.45, 2.75) is 13.5 Å². The quantitative estimate of drug-likeness (QED) is 0.504. The third-order valence-corrected chi connectivity index (χ3v) is 3.54. The normalized spacial score (nSPS) is 10.1. The number of hydrogen-bond donors (Lipinski definition) is 2.